The van der Waals surface area contributed by atoms with E-state index >= 15 is 0 Å². The van der Waals surface area contributed by atoms with Crippen LogP contribution in [0.5, 0.6) is 0 Å². The van der Waals surface area contributed by atoms with Gasteiger partial charge in [0.05, 0.1) is 12.2 Å². The highest BCUT2D eigenvalue weighted by atomic mass is 15.4. The number of fused-ring (bicyclic) bond motifs is 2. The summed E-state index contributed by atoms with van der Waals surface area (Å²) in [6, 6.07) is 10.4. The van der Waals surface area contributed by atoms with Crippen molar-refractivity contribution in [3.05, 3.63) is 41.6 Å². The second kappa shape index (κ2) is 3.29. The topological polar surface area (TPSA) is 30.7 Å². The first kappa shape index (κ1) is 9.16. The second-order valence-electron chi connectivity index (χ2n) is 4.75. The molecule has 17 heavy (non-hydrogen) atoms. The van der Waals surface area contributed by atoms with Crippen molar-refractivity contribution in [2.75, 3.05) is 0 Å². The Hall–Kier alpha value is -1.90. The molecule has 0 atom stereocenters. The van der Waals surface area contributed by atoms with Gasteiger partial charge in [0, 0.05) is 5.56 Å². The minimum Gasteiger partial charge on any atom is -0.240 e. The fraction of sp³-hybridized carbons (Fsp3) is 0.286. The average Bonchev–Trinajstić information content (AvgIpc) is 3.00. The standard InChI is InChI=1S/C14H13N3/c1-2-5-10(6-3-1)13-14-12-8-4-7-11(12)9-17(14)16-15-13/h1-3,5-6H,4,7-9H2. The first-order valence-electron chi connectivity index (χ1n) is 6.13. The van der Waals surface area contributed by atoms with E-state index in [-0.39, 0.29) is 0 Å². The van der Waals surface area contributed by atoms with Gasteiger partial charge in [-0.15, -0.1) is 5.10 Å². The lowest BCUT2D eigenvalue weighted by atomic mass is 10.0. The lowest BCUT2D eigenvalue weighted by Crippen LogP contribution is -1.99. The number of benzene rings is 1. The fourth-order valence-electron chi connectivity index (χ4n) is 2.96. The molecule has 0 unspecified atom stereocenters. The van der Waals surface area contributed by atoms with Crippen LogP contribution in [0.4, 0.5) is 0 Å². The Kier molecular flexibility index (Phi) is 1.78. The Morgan fingerprint density at radius 2 is 1.94 bits per heavy atom. The van der Waals surface area contributed by atoms with Gasteiger partial charge in [-0.2, -0.15) is 0 Å². The van der Waals surface area contributed by atoms with Gasteiger partial charge in [-0.3, -0.25) is 0 Å². The zero-order chi connectivity index (χ0) is 11.2. The fourth-order valence-corrected chi connectivity index (χ4v) is 2.96. The molecule has 2 heterocycles. The van der Waals surface area contributed by atoms with Crippen molar-refractivity contribution in [3.8, 4) is 11.3 Å². The Morgan fingerprint density at radius 1 is 1.06 bits per heavy atom. The largest absolute Gasteiger partial charge is 0.240 e. The van der Waals surface area contributed by atoms with Crippen molar-refractivity contribution >= 4 is 5.57 Å². The third-order valence-corrected chi connectivity index (χ3v) is 3.74. The minimum absolute atomic E-state index is 0.963. The number of hydrogen-bond donors (Lipinski definition) is 0. The summed E-state index contributed by atoms with van der Waals surface area (Å²) >= 11 is 0. The van der Waals surface area contributed by atoms with Gasteiger partial charge in [-0.25, -0.2) is 4.68 Å². The number of allylic oxidation sites excluding steroid dienone is 2. The number of rotatable bonds is 1. The molecule has 1 aromatic carbocycles. The van der Waals surface area contributed by atoms with Crippen LogP contribution >= 0.6 is 0 Å². The molecule has 1 aliphatic carbocycles. The Bertz CT molecular complexity index is 608. The van der Waals surface area contributed by atoms with E-state index in [1.54, 1.807) is 5.57 Å². The summed E-state index contributed by atoms with van der Waals surface area (Å²) in [7, 11) is 0. The summed E-state index contributed by atoms with van der Waals surface area (Å²) in [5, 5.41) is 8.63. The maximum absolute atomic E-state index is 4.35. The van der Waals surface area contributed by atoms with E-state index in [4.69, 9.17) is 0 Å². The monoisotopic (exact) mass is 223 g/mol. The molecule has 84 valence electrons. The van der Waals surface area contributed by atoms with Gasteiger partial charge in [0.25, 0.3) is 0 Å². The van der Waals surface area contributed by atoms with Gasteiger partial charge < -0.3 is 0 Å². The van der Waals surface area contributed by atoms with Crippen LogP contribution in [0.25, 0.3) is 16.8 Å². The molecule has 0 radical (unpaired) electrons. The lowest BCUT2D eigenvalue weighted by molar-refractivity contribution is 0.635. The van der Waals surface area contributed by atoms with Crippen molar-refractivity contribution in [2.24, 2.45) is 0 Å². The van der Waals surface area contributed by atoms with E-state index in [0.29, 0.717) is 0 Å². The molecule has 0 fully saturated rings. The first-order chi connectivity index (χ1) is 8.43. The molecule has 2 aliphatic rings. The molecular weight excluding hydrogens is 210 g/mol. The summed E-state index contributed by atoms with van der Waals surface area (Å²) in [5.74, 6) is 0. The van der Waals surface area contributed by atoms with Gasteiger partial charge in [-0.1, -0.05) is 35.5 Å². The molecule has 0 spiro atoms. The van der Waals surface area contributed by atoms with Gasteiger partial charge in [-0.05, 0) is 30.4 Å². The van der Waals surface area contributed by atoms with Crippen LogP contribution in [0, 0.1) is 0 Å². The molecule has 0 amide bonds. The third kappa shape index (κ3) is 1.22. The Morgan fingerprint density at radius 3 is 2.82 bits per heavy atom. The van der Waals surface area contributed by atoms with Crippen LogP contribution in [0.15, 0.2) is 35.9 Å². The van der Waals surface area contributed by atoms with E-state index in [0.717, 1.165) is 12.2 Å². The summed E-state index contributed by atoms with van der Waals surface area (Å²) in [5.41, 5.74) is 6.58. The molecule has 0 bridgehead atoms. The predicted octanol–water partition coefficient (Wildman–Crippen LogP) is 2.90. The Balaban J connectivity index is 1.91. The molecule has 4 rings (SSSR count). The highest BCUT2D eigenvalue weighted by Gasteiger charge is 2.29. The van der Waals surface area contributed by atoms with E-state index < -0.39 is 0 Å². The van der Waals surface area contributed by atoms with Gasteiger partial charge in [0.2, 0.25) is 0 Å². The maximum atomic E-state index is 4.35. The Labute approximate surface area is 99.8 Å². The predicted molar refractivity (Wildman–Crippen MR) is 66.2 cm³/mol. The highest BCUT2D eigenvalue weighted by molar-refractivity contribution is 5.81. The number of aromatic nitrogens is 3. The van der Waals surface area contributed by atoms with Crippen molar-refractivity contribution in [3.63, 3.8) is 0 Å². The van der Waals surface area contributed by atoms with Gasteiger partial charge >= 0.3 is 0 Å². The average molecular weight is 223 g/mol. The van der Waals surface area contributed by atoms with Crippen molar-refractivity contribution < 1.29 is 0 Å². The molecule has 1 aromatic heterocycles. The third-order valence-electron chi connectivity index (χ3n) is 3.74. The SMILES string of the molecule is c1ccc(-c2nnn3c2C2=C(CCC2)C3)cc1. The number of nitrogens with zero attached hydrogens (tertiary/aromatic N) is 3. The lowest BCUT2D eigenvalue weighted by Gasteiger charge is -2.02. The summed E-state index contributed by atoms with van der Waals surface area (Å²) < 4.78 is 2.06. The van der Waals surface area contributed by atoms with Crippen LogP contribution in [0.2, 0.25) is 0 Å². The highest BCUT2D eigenvalue weighted by Crippen LogP contribution is 2.42. The van der Waals surface area contributed by atoms with Crippen LogP contribution in [0.1, 0.15) is 25.0 Å². The van der Waals surface area contributed by atoms with Crippen molar-refractivity contribution in [1.82, 2.24) is 15.0 Å². The van der Waals surface area contributed by atoms with Crippen LogP contribution in [-0.4, -0.2) is 15.0 Å². The molecule has 3 nitrogen and oxygen atoms in total. The maximum Gasteiger partial charge on any atom is 0.120 e. The zero-order valence-corrected chi connectivity index (χ0v) is 9.56. The zero-order valence-electron chi connectivity index (χ0n) is 9.56. The van der Waals surface area contributed by atoms with Crippen LogP contribution < -0.4 is 0 Å². The van der Waals surface area contributed by atoms with Crippen LogP contribution in [0.3, 0.4) is 0 Å². The van der Waals surface area contributed by atoms with E-state index in [1.165, 1.54) is 36.1 Å². The van der Waals surface area contributed by atoms with Gasteiger partial charge in [0.1, 0.15) is 5.69 Å². The smallest absolute Gasteiger partial charge is 0.120 e. The quantitative estimate of drug-likeness (QED) is 0.744. The van der Waals surface area contributed by atoms with Crippen LogP contribution in [-0.2, 0) is 6.54 Å². The molecule has 0 N–H and O–H groups in total. The molecule has 0 saturated carbocycles. The summed E-state index contributed by atoms with van der Waals surface area (Å²) in [4.78, 5) is 0. The molecule has 0 saturated heterocycles. The molecular formula is C14H13N3. The summed E-state index contributed by atoms with van der Waals surface area (Å²) in [6.07, 6.45) is 3.74. The van der Waals surface area contributed by atoms with Gasteiger partial charge in [0.15, 0.2) is 0 Å². The molecule has 3 heteroatoms. The minimum atomic E-state index is 0.963. The molecule has 2 aromatic rings. The summed E-state index contributed by atoms with van der Waals surface area (Å²) in [6.45, 7) is 0.963. The molecule has 1 aliphatic heterocycles. The van der Waals surface area contributed by atoms with E-state index in [1.807, 2.05) is 6.07 Å². The van der Waals surface area contributed by atoms with E-state index in [2.05, 4.69) is 39.3 Å². The van der Waals surface area contributed by atoms with Crippen molar-refractivity contribution in [2.45, 2.75) is 25.8 Å². The number of hydrogen-bond acceptors (Lipinski definition) is 2. The first-order valence-corrected chi connectivity index (χ1v) is 6.13. The second-order valence-corrected chi connectivity index (χ2v) is 4.75. The normalized spacial score (nSPS) is 17.4. The van der Waals surface area contributed by atoms with E-state index in [9.17, 15) is 0 Å². The van der Waals surface area contributed by atoms with Crippen molar-refractivity contribution in [1.29, 1.82) is 0 Å².